The molecule has 3 rings (SSSR count). The Morgan fingerprint density at radius 1 is 1.09 bits per heavy atom. The van der Waals surface area contributed by atoms with E-state index in [0.29, 0.717) is 5.56 Å². The first-order chi connectivity index (χ1) is 15.7. The number of nitrogens with one attached hydrogen (secondary N) is 2. The molecule has 0 aromatic heterocycles. The highest BCUT2D eigenvalue weighted by Crippen LogP contribution is 2.22. The molecule has 12 heteroatoms. The van der Waals surface area contributed by atoms with Crippen molar-refractivity contribution in [3.63, 3.8) is 0 Å². The number of esters is 1. The zero-order chi connectivity index (χ0) is 24.0. The highest BCUT2D eigenvalue weighted by Gasteiger charge is 2.28. The van der Waals surface area contributed by atoms with E-state index in [1.807, 2.05) is 10.9 Å². The Morgan fingerprint density at radius 3 is 2.48 bits per heavy atom. The largest absolute Gasteiger partial charge is 0.452 e. The van der Waals surface area contributed by atoms with Crippen LogP contribution in [0, 0.1) is 12.7 Å². The Morgan fingerprint density at radius 2 is 1.79 bits per heavy atom. The third-order valence-electron chi connectivity index (χ3n) is 4.78. The van der Waals surface area contributed by atoms with Gasteiger partial charge >= 0.3 is 5.97 Å². The summed E-state index contributed by atoms with van der Waals surface area (Å²) in [6, 6.07) is 9.24. The number of amides is 2. The molecule has 2 aromatic carbocycles. The van der Waals surface area contributed by atoms with Gasteiger partial charge < -0.3 is 9.47 Å². The normalized spacial score (nSPS) is 14.4. The van der Waals surface area contributed by atoms with Crippen LogP contribution in [0.15, 0.2) is 47.4 Å². The number of halogens is 1. The predicted molar refractivity (Wildman–Crippen MR) is 113 cm³/mol. The number of rotatable bonds is 6. The number of morpholine rings is 1. The van der Waals surface area contributed by atoms with Crippen molar-refractivity contribution in [3.8, 4) is 0 Å². The molecular formula is C21H22FN3O7S. The molecule has 0 bridgehead atoms. The van der Waals surface area contributed by atoms with Crippen molar-refractivity contribution < 1.29 is 36.7 Å². The molecule has 0 unspecified atom stereocenters. The summed E-state index contributed by atoms with van der Waals surface area (Å²) in [5.41, 5.74) is 4.13. The van der Waals surface area contributed by atoms with Gasteiger partial charge in [-0.15, -0.1) is 0 Å². The lowest BCUT2D eigenvalue weighted by atomic mass is 10.1. The smallest absolute Gasteiger partial charge is 0.338 e. The molecule has 1 heterocycles. The Balaban J connectivity index is 1.59. The molecule has 176 valence electrons. The first-order valence-corrected chi connectivity index (χ1v) is 11.3. The van der Waals surface area contributed by atoms with Crippen LogP contribution >= 0.6 is 0 Å². The van der Waals surface area contributed by atoms with Crippen LogP contribution in [0.5, 0.6) is 0 Å². The van der Waals surface area contributed by atoms with Crippen LogP contribution in [0.1, 0.15) is 26.3 Å². The second kappa shape index (κ2) is 10.5. The standard InChI is InChI=1S/C21H22FN3O7S/c1-14-6-7-15(12-18(14)33(29,30)25-8-10-31-11-9-25)21(28)32-13-19(26)23-24-20(27)16-4-2-3-5-17(16)22/h2-7,12H,8-11,13H2,1H3,(H,23,26)(H,24,27). The molecule has 2 amide bonds. The molecule has 1 fully saturated rings. The molecule has 10 nitrogen and oxygen atoms in total. The van der Waals surface area contributed by atoms with Crippen LogP contribution in [0.4, 0.5) is 4.39 Å². The van der Waals surface area contributed by atoms with Crippen LogP contribution in [0.2, 0.25) is 0 Å². The quantitative estimate of drug-likeness (QED) is 0.462. The molecule has 0 saturated carbocycles. The number of nitrogens with zero attached hydrogens (tertiary/aromatic N) is 1. The average molecular weight is 479 g/mol. The monoisotopic (exact) mass is 479 g/mol. The maximum Gasteiger partial charge on any atom is 0.338 e. The highest BCUT2D eigenvalue weighted by atomic mass is 32.2. The van der Waals surface area contributed by atoms with Crippen molar-refractivity contribution in [3.05, 3.63) is 65.0 Å². The van der Waals surface area contributed by atoms with Crippen LogP contribution in [0.3, 0.4) is 0 Å². The molecule has 0 aliphatic carbocycles. The fourth-order valence-electron chi connectivity index (χ4n) is 3.02. The van der Waals surface area contributed by atoms with Crippen LogP contribution in [-0.4, -0.2) is 63.4 Å². The lowest BCUT2D eigenvalue weighted by Crippen LogP contribution is -2.43. The maximum absolute atomic E-state index is 13.6. The topological polar surface area (TPSA) is 131 Å². The Labute approximate surface area is 189 Å². The fraction of sp³-hybridized carbons (Fsp3) is 0.286. The van der Waals surface area contributed by atoms with Gasteiger partial charge in [0.1, 0.15) is 5.82 Å². The van der Waals surface area contributed by atoms with Crippen molar-refractivity contribution in [2.45, 2.75) is 11.8 Å². The number of aryl methyl sites for hydroxylation is 1. The Kier molecular flexibility index (Phi) is 7.74. The first kappa shape index (κ1) is 24.3. The van der Waals surface area contributed by atoms with Gasteiger partial charge in [-0.3, -0.25) is 20.4 Å². The molecular weight excluding hydrogens is 457 g/mol. The minimum Gasteiger partial charge on any atom is -0.452 e. The van der Waals surface area contributed by atoms with Gasteiger partial charge in [0, 0.05) is 13.1 Å². The predicted octanol–water partition coefficient (Wildman–Crippen LogP) is 0.773. The van der Waals surface area contributed by atoms with Crippen molar-refractivity contribution in [1.82, 2.24) is 15.2 Å². The summed E-state index contributed by atoms with van der Waals surface area (Å²) in [5.74, 6) is -3.45. The van der Waals surface area contributed by atoms with Gasteiger partial charge in [0.25, 0.3) is 11.8 Å². The summed E-state index contributed by atoms with van der Waals surface area (Å²) in [5, 5.41) is 0. The van der Waals surface area contributed by atoms with Gasteiger partial charge in [-0.1, -0.05) is 18.2 Å². The zero-order valence-electron chi connectivity index (χ0n) is 17.7. The van der Waals surface area contributed by atoms with Gasteiger partial charge in [-0.2, -0.15) is 4.31 Å². The Hall–Kier alpha value is -3.35. The molecule has 33 heavy (non-hydrogen) atoms. The maximum atomic E-state index is 13.6. The lowest BCUT2D eigenvalue weighted by Gasteiger charge is -2.26. The summed E-state index contributed by atoms with van der Waals surface area (Å²) in [6.45, 7) is 1.82. The molecule has 0 spiro atoms. The van der Waals surface area contributed by atoms with Crippen molar-refractivity contribution >= 4 is 27.8 Å². The summed E-state index contributed by atoms with van der Waals surface area (Å²) in [7, 11) is -3.84. The molecule has 1 aliphatic heterocycles. The number of ether oxygens (including phenoxy) is 2. The third kappa shape index (κ3) is 5.92. The summed E-state index contributed by atoms with van der Waals surface area (Å²) >= 11 is 0. The van der Waals surface area contributed by atoms with Crippen LogP contribution in [0.25, 0.3) is 0 Å². The van der Waals surface area contributed by atoms with E-state index in [-0.39, 0.29) is 42.3 Å². The summed E-state index contributed by atoms with van der Waals surface area (Å²) in [4.78, 5) is 36.1. The number of hydrogen-bond acceptors (Lipinski definition) is 7. The number of hydrazine groups is 1. The number of sulfonamides is 1. The number of benzene rings is 2. The van der Waals surface area contributed by atoms with E-state index in [1.165, 1.54) is 40.7 Å². The van der Waals surface area contributed by atoms with Gasteiger partial charge in [0.2, 0.25) is 10.0 Å². The minimum absolute atomic E-state index is 0.0412. The number of hydrogen-bond donors (Lipinski definition) is 2. The van der Waals surface area contributed by atoms with Gasteiger partial charge in [0.05, 0.1) is 29.2 Å². The third-order valence-corrected chi connectivity index (χ3v) is 6.82. The van der Waals surface area contributed by atoms with E-state index in [1.54, 1.807) is 6.92 Å². The van der Waals surface area contributed by atoms with E-state index < -0.39 is 40.2 Å². The molecule has 1 aliphatic rings. The van der Waals surface area contributed by atoms with Crippen molar-refractivity contribution in [2.24, 2.45) is 0 Å². The molecule has 1 saturated heterocycles. The van der Waals surface area contributed by atoms with Crippen LogP contribution in [-0.2, 0) is 24.3 Å². The van der Waals surface area contributed by atoms with E-state index in [9.17, 15) is 27.2 Å². The fourth-order valence-corrected chi connectivity index (χ4v) is 4.68. The van der Waals surface area contributed by atoms with E-state index >= 15 is 0 Å². The zero-order valence-corrected chi connectivity index (χ0v) is 18.5. The second-order valence-corrected chi connectivity index (χ2v) is 8.96. The van der Waals surface area contributed by atoms with Crippen molar-refractivity contribution in [2.75, 3.05) is 32.9 Å². The van der Waals surface area contributed by atoms with E-state index in [2.05, 4.69) is 0 Å². The minimum atomic E-state index is -3.84. The van der Waals surface area contributed by atoms with Gasteiger partial charge in [-0.25, -0.2) is 17.6 Å². The molecule has 2 aromatic rings. The number of carbonyl (C=O) groups is 3. The van der Waals surface area contributed by atoms with E-state index in [4.69, 9.17) is 9.47 Å². The second-order valence-electron chi connectivity index (χ2n) is 7.06. The van der Waals surface area contributed by atoms with Gasteiger partial charge in [0.15, 0.2) is 6.61 Å². The summed E-state index contributed by atoms with van der Waals surface area (Å²) in [6.07, 6.45) is 0. The van der Waals surface area contributed by atoms with Gasteiger partial charge in [-0.05, 0) is 36.8 Å². The molecule has 0 radical (unpaired) electrons. The average Bonchev–Trinajstić information content (AvgIpc) is 2.82. The molecule has 0 atom stereocenters. The van der Waals surface area contributed by atoms with Crippen molar-refractivity contribution in [1.29, 1.82) is 0 Å². The Bertz CT molecular complexity index is 1160. The first-order valence-electron chi connectivity index (χ1n) is 9.89. The molecule has 2 N–H and O–H groups in total. The lowest BCUT2D eigenvalue weighted by molar-refractivity contribution is -0.125. The number of carbonyl (C=O) groups excluding carboxylic acids is 3. The summed E-state index contributed by atoms with van der Waals surface area (Å²) < 4.78 is 50.8. The SMILES string of the molecule is Cc1ccc(C(=O)OCC(=O)NNC(=O)c2ccccc2F)cc1S(=O)(=O)N1CCOCC1. The highest BCUT2D eigenvalue weighted by molar-refractivity contribution is 7.89. The van der Waals surface area contributed by atoms with Crippen LogP contribution < -0.4 is 10.9 Å². The van der Waals surface area contributed by atoms with E-state index in [0.717, 1.165) is 6.07 Å².